The van der Waals surface area contributed by atoms with E-state index in [1.165, 1.54) is 0 Å². The summed E-state index contributed by atoms with van der Waals surface area (Å²) in [5.41, 5.74) is 1.12. The van der Waals surface area contributed by atoms with Crippen LogP contribution in [0.3, 0.4) is 0 Å². The standard InChI is InChI=1S/C19H22N2O2/c22-18(21-17-9-5-2-6-10-17)19(11-13-20-14-12-19)23-15-16-7-3-1-4-8-16/h1-10,20H,11-15H2,(H,21,22). The van der Waals surface area contributed by atoms with Gasteiger partial charge in [-0.25, -0.2) is 0 Å². The van der Waals surface area contributed by atoms with Crippen LogP contribution >= 0.6 is 0 Å². The van der Waals surface area contributed by atoms with E-state index in [-0.39, 0.29) is 5.91 Å². The maximum absolute atomic E-state index is 12.8. The molecule has 4 heteroatoms. The van der Waals surface area contributed by atoms with Crippen molar-refractivity contribution in [2.75, 3.05) is 18.4 Å². The van der Waals surface area contributed by atoms with Gasteiger partial charge in [-0.15, -0.1) is 0 Å². The Labute approximate surface area is 136 Å². The molecule has 4 nitrogen and oxygen atoms in total. The first-order chi connectivity index (χ1) is 11.3. The molecule has 120 valence electrons. The molecule has 23 heavy (non-hydrogen) atoms. The molecule has 1 aliphatic rings. The number of carbonyl (C=O) groups is 1. The van der Waals surface area contributed by atoms with E-state index in [0.29, 0.717) is 19.4 Å². The lowest BCUT2D eigenvalue weighted by Gasteiger charge is -2.36. The Kier molecular flexibility index (Phi) is 5.05. The predicted octanol–water partition coefficient (Wildman–Crippen LogP) is 2.96. The zero-order chi connectivity index (χ0) is 16.0. The van der Waals surface area contributed by atoms with Crippen molar-refractivity contribution in [1.82, 2.24) is 5.32 Å². The van der Waals surface area contributed by atoms with Gasteiger partial charge in [-0.1, -0.05) is 48.5 Å². The van der Waals surface area contributed by atoms with Crippen molar-refractivity contribution in [3.8, 4) is 0 Å². The third kappa shape index (κ3) is 3.97. The molecular weight excluding hydrogens is 288 g/mol. The first kappa shape index (κ1) is 15.7. The van der Waals surface area contributed by atoms with Crippen molar-refractivity contribution in [2.24, 2.45) is 0 Å². The molecule has 0 atom stereocenters. The number of anilines is 1. The van der Waals surface area contributed by atoms with Gasteiger partial charge in [0.15, 0.2) is 0 Å². The molecule has 1 fully saturated rings. The van der Waals surface area contributed by atoms with Gasteiger partial charge in [-0.05, 0) is 43.6 Å². The summed E-state index contributed by atoms with van der Waals surface area (Å²) in [5.74, 6) is -0.0545. The average Bonchev–Trinajstić information content (AvgIpc) is 2.62. The minimum atomic E-state index is -0.767. The van der Waals surface area contributed by atoms with E-state index in [1.807, 2.05) is 60.7 Å². The highest BCUT2D eigenvalue weighted by molar-refractivity contribution is 5.97. The van der Waals surface area contributed by atoms with Crippen LogP contribution in [-0.4, -0.2) is 24.6 Å². The average molecular weight is 310 g/mol. The summed E-state index contributed by atoms with van der Waals surface area (Å²) in [5, 5.41) is 6.29. The predicted molar refractivity (Wildman–Crippen MR) is 91.1 cm³/mol. The molecule has 1 saturated heterocycles. The van der Waals surface area contributed by atoms with Crippen LogP contribution in [0.4, 0.5) is 5.69 Å². The Balaban J connectivity index is 1.72. The molecule has 1 aliphatic heterocycles. The van der Waals surface area contributed by atoms with Gasteiger partial charge in [0.2, 0.25) is 0 Å². The summed E-state index contributed by atoms with van der Waals surface area (Å²) in [6.07, 6.45) is 1.36. The summed E-state index contributed by atoms with van der Waals surface area (Å²) in [6.45, 7) is 2.02. The Hall–Kier alpha value is -2.17. The molecule has 0 radical (unpaired) electrons. The van der Waals surface area contributed by atoms with Crippen LogP contribution in [0.15, 0.2) is 60.7 Å². The Morgan fingerprint density at radius 2 is 1.61 bits per heavy atom. The number of rotatable bonds is 5. The molecule has 0 aromatic heterocycles. The zero-order valence-electron chi connectivity index (χ0n) is 13.1. The lowest BCUT2D eigenvalue weighted by Crippen LogP contribution is -2.52. The lowest BCUT2D eigenvalue weighted by atomic mass is 9.90. The molecule has 0 saturated carbocycles. The van der Waals surface area contributed by atoms with Crippen molar-refractivity contribution >= 4 is 11.6 Å². The number of hydrogen-bond acceptors (Lipinski definition) is 3. The van der Waals surface area contributed by atoms with Crippen LogP contribution in [0.2, 0.25) is 0 Å². The first-order valence-corrected chi connectivity index (χ1v) is 8.04. The monoisotopic (exact) mass is 310 g/mol. The minimum Gasteiger partial charge on any atom is -0.360 e. The third-order valence-electron chi connectivity index (χ3n) is 4.21. The molecule has 1 heterocycles. The first-order valence-electron chi connectivity index (χ1n) is 8.04. The van der Waals surface area contributed by atoms with Gasteiger partial charge >= 0.3 is 0 Å². The van der Waals surface area contributed by atoms with Crippen LogP contribution in [0.5, 0.6) is 0 Å². The van der Waals surface area contributed by atoms with Crippen LogP contribution in [0.1, 0.15) is 18.4 Å². The Morgan fingerprint density at radius 3 is 2.26 bits per heavy atom. The second-order valence-electron chi connectivity index (χ2n) is 5.84. The molecule has 2 aromatic rings. The Bertz CT molecular complexity index is 622. The van der Waals surface area contributed by atoms with Gasteiger partial charge in [0, 0.05) is 5.69 Å². The number of benzene rings is 2. The molecule has 2 aromatic carbocycles. The fourth-order valence-electron chi connectivity index (χ4n) is 2.83. The molecule has 0 bridgehead atoms. The highest BCUT2D eigenvalue weighted by atomic mass is 16.5. The normalized spacial score (nSPS) is 16.7. The van der Waals surface area contributed by atoms with Crippen molar-refractivity contribution in [2.45, 2.75) is 25.0 Å². The van der Waals surface area contributed by atoms with Crippen molar-refractivity contribution < 1.29 is 9.53 Å². The lowest BCUT2D eigenvalue weighted by molar-refractivity contribution is -0.147. The van der Waals surface area contributed by atoms with Crippen molar-refractivity contribution in [3.63, 3.8) is 0 Å². The molecule has 2 N–H and O–H groups in total. The van der Waals surface area contributed by atoms with Crippen molar-refractivity contribution in [3.05, 3.63) is 66.2 Å². The van der Waals surface area contributed by atoms with Gasteiger partial charge in [0.05, 0.1) is 6.61 Å². The van der Waals surface area contributed by atoms with E-state index in [9.17, 15) is 4.79 Å². The number of nitrogens with one attached hydrogen (secondary N) is 2. The molecule has 0 aliphatic carbocycles. The van der Waals surface area contributed by atoms with Gasteiger partial charge in [0.25, 0.3) is 5.91 Å². The van der Waals surface area contributed by atoms with E-state index < -0.39 is 5.60 Å². The number of hydrogen-bond donors (Lipinski definition) is 2. The second kappa shape index (κ2) is 7.40. The maximum atomic E-state index is 12.8. The van der Waals surface area contributed by atoms with Crippen LogP contribution < -0.4 is 10.6 Å². The van der Waals surface area contributed by atoms with Gasteiger partial charge in [0.1, 0.15) is 5.60 Å². The highest BCUT2D eigenvalue weighted by Gasteiger charge is 2.40. The fourth-order valence-corrected chi connectivity index (χ4v) is 2.83. The summed E-state index contributed by atoms with van der Waals surface area (Å²) in [7, 11) is 0. The van der Waals surface area contributed by atoms with Gasteiger partial charge < -0.3 is 15.4 Å². The van der Waals surface area contributed by atoms with E-state index in [4.69, 9.17) is 4.74 Å². The van der Waals surface area contributed by atoms with E-state index in [1.54, 1.807) is 0 Å². The second-order valence-corrected chi connectivity index (χ2v) is 5.84. The SMILES string of the molecule is O=C(Nc1ccccc1)C1(OCc2ccccc2)CCNCC1. The number of para-hydroxylation sites is 1. The summed E-state index contributed by atoms with van der Waals surface area (Å²) in [6, 6.07) is 19.5. The molecule has 0 unspecified atom stereocenters. The van der Waals surface area contributed by atoms with E-state index >= 15 is 0 Å². The smallest absolute Gasteiger partial charge is 0.256 e. The molecule has 0 spiro atoms. The van der Waals surface area contributed by atoms with E-state index in [0.717, 1.165) is 24.3 Å². The number of piperidine rings is 1. The summed E-state index contributed by atoms with van der Waals surface area (Å²) < 4.78 is 6.14. The largest absolute Gasteiger partial charge is 0.360 e. The number of ether oxygens (including phenoxy) is 1. The fraction of sp³-hybridized carbons (Fsp3) is 0.316. The summed E-state index contributed by atoms with van der Waals surface area (Å²) >= 11 is 0. The summed E-state index contributed by atoms with van der Waals surface area (Å²) in [4.78, 5) is 12.8. The van der Waals surface area contributed by atoms with Crippen LogP contribution in [0, 0.1) is 0 Å². The number of amides is 1. The van der Waals surface area contributed by atoms with E-state index in [2.05, 4.69) is 10.6 Å². The van der Waals surface area contributed by atoms with Crippen LogP contribution in [-0.2, 0) is 16.1 Å². The number of carbonyl (C=O) groups excluding carboxylic acids is 1. The topological polar surface area (TPSA) is 50.4 Å². The molecule has 3 rings (SSSR count). The third-order valence-corrected chi connectivity index (χ3v) is 4.21. The minimum absolute atomic E-state index is 0.0545. The molecule has 1 amide bonds. The molecular formula is C19H22N2O2. The van der Waals surface area contributed by atoms with Crippen LogP contribution in [0.25, 0.3) is 0 Å². The zero-order valence-corrected chi connectivity index (χ0v) is 13.1. The quantitative estimate of drug-likeness (QED) is 0.892. The van der Waals surface area contributed by atoms with Crippen molar-refractivity contribution in [1.29, 1.82) is 0 Å². The Morgan fingerprint density at radius 1 is 1.00 bits per heavy atom. The highest BCUT2D eigenvalue weighted by Crippen LogP contribution is 2.27. The maximum Gasteiger partial charge on any atom is 0.256 e. The van der Waals surface area contributed by atoms with Gasteiger partial charge in [-0.3, -0.25) is 4.79 Å². The van der Waals surface area contributed by atoms with Gasteiger partial charge in [-0.2, -0.15) is 0 Å².